The molecule has 3 rings (SSSR count). The number of benzene rings is 2. The molecular weight excluding hydrogens is 366 g/mol. The number of hydrogen-bond donors (Lipinski definition) is 2. The molecule has 2 aromatic rings. The van der Waals surface area contributed by atoms with E-state index in [0.29, 0.717) is 13.0 Å². The van der Waals surface area contributed by atoms with Crippen molar-refractivity contribution in [1.29, 1.82) is 0 Å². The maximum atomic E-state index is 10.9. The van der Waals surface area contributed by atoms with Gasteiger partial charge in [-0.3, -0.25) is 4.90 Å². The zero-order valence-corrected chi connectivity index (χ0v) is 16.5. The smallest absolute Gasteiger partial charge is 0.119 e. The van der Waals surface area contributed by atoms with Gasteiger partial charge in [0.05, 0.1) is 12.7 Å². The fourth-order valence-electron chi connectivity index (χ4n) is 3.33. The van der Waals surface area contributed by atoms with E-state index in [2.05, 4.69) is 4.90 Å². The van der Waals surface area contributed by atoms with Crippen LogP contribution in [0.15, 0.2) is 48.5 Å². The van der Waals surface area contributed by atoms with Gasteiger partial charge in [0.1, 0.15) is 23.9 Å². The van der Waals surface area contributed by atoms with Gasteiger partial charge >= 0.3 is 0 Å². The SMILES string of the molecule is COc1ccc(CC2(O)CCN(CCOc3ccc(O)cc3)CC2)cc1.Cl. The zero-order valence-electron chi connectivity index (χ0n) is 15.6. The third-order valence-corrected chi connectivity index (χ3v) is 4.99. The van der Waals surface area contributed by atoms with Gasteiger partial charge in [0.25, 0.3) is 0 Å². The highest BCUT2D eigenvalue weighted by atomic mass is 35.5. The summed E-state index contributed by atoms with van der Waals surface area (Å²) in [5, 5.41) is 20.2. The Kier molecular flexibility index (Phi) is 7.78. The zero-order chi connectivity index (χ0) is 18.4. The number of aromatic hydroxyl groups is 1. The fraction of sp³-hybridized carbons (Fsp3) is 0.429. The standard InChI is InChI=1S/C21H27NO4.ClH/c1-25-19-6-2-17(3-7-19)16-21(24)10-12-22(13-11-21)14-15-26-20-8-4-18(23)5-9-20;/h2-9,23-24H,10-16H2,1H3;1H. The van der Waals surface area contributed by atoms with Gasteiger partial charge in [0, 0.05) is 26.1 Å². The average molecular weight is 394 g/mol. The first-order chi connectivity index (χ1) is 12.6. The number of nitrogens with zero attached hydrogens (tertiary/aromatic N) is 1. The van der Waals surface area contributed by atoms with Crippen LogP contribution in [0.4, 0.5) is 0 Å². The van der Waals surface area contributed by atoms with Crippen LogP contribution < -0.4 is 9.47 Å². The van der Waals surface area contributed by atoms with Gasteiger partial charge in [-0.2, -0.15) is 0 Å². The lowest BCUT2D eigenvalue weighted by Crippen LogP contribution is -2.46. The molecule has 1 heterocycles. The Morgan fingerprint density at radius 2 is 1.56 bits per heavy atom. The third kappa shape index (κ3) is 6.31. The quantitative estimate of drug-likeness (QED) is 0.756. The second-order valence-corrected chi connectivity index (χ2v) is 6.93. The lowest BCUT2D eigenvalue weighted by atomic mass is 9.85. The highest BCUT2D eigenvalue weighted by Gasteiger charge is 2.32. The topological polar surface area (TPSA) is 62.2 Å². The molecule has 5 nitrogen and oxygen atoms in total. The summed E-state index contributed by atoms with van der Waals surface area (Å²) in [4.78, 5) is 2.32. The van der Waals surface area contributed by atoms with E-state index < -0.39 is 5.60 Å². The van der Waals surface area contributed by atoms with E-state index in [0.717, 1.165) is 49.5 Å². The van der Waals surface area contributed by atoms with Crippen molar-refractivity contribution in [2.24, 2.45) is 0 Å². The Hall–Kier alpha value is -1.95. The van der Waals surface area contributed by atoms with Crippen molar-refractivity contribution in [3.05, 3.63) is 54.1 Å². The number of phenols is 1. The predicted molar refractivity (Wildman–Crippen MR) is 108 cm³/mol. The first-order valence-corrected chi connectivity index (χ1v) is 9.06. The molecule has 1 aliphatic rings. The Morgan fingerprint density at radius 3 is 2.15 bits per heavy atom. The summed E-state index contributed by atoms with van der Waals surface area (Å²) in [6.45, 7) is 3.17. The predicted octanol–water partition coefficient (Wildman–Crippen LogP) is 3.27. The van der Waals surface area contributed by atoms with Crippen LogP contribution in [0, 0.1) is 0 Å². The summed E-state index contributed by atoms with van der Waals surface area (Å²) in [6, 6.07) is 14.7. The first-order valence-electron chi connectivity index (χ1n) is 9.06. The molecule has 0 spiro atoms. The van der Waals surface area contributed by atoms with Gasteiger partial charge in [-0.05, 0) is 54.8 Å². The van der Waals surface area contributed by atoms with Gasteiger partial charge < -0.3 is 19.7 Å². The minimum Gasteiger partial charge on any atom is -0.508 e. The summed E-state index contributed by atoms with van der Waals surface area (Å²) in [5.41, 5.74) is 0.500. The number of rotatable bonds is 7. The maximum absolute atomic E-state index is 10.9. The number of methoxy groups -OCH3 is 1. The van der Waals surface area contributed by atoms with Gasteiger partial charge in [0.2, 0.25) is 0 Å². The molecule has 0 bridgehead atoms. The van der Waals surface area contributed by atoms with Gasteiger partial charge in [0.15, 0.2) is 0 Å². The van der Waals surface area contributed by atoms with Crippen LogP contribution in [0.2, 0.25) is 0 Å². The van der Waals surface area contributed by atoms with Crippen LogP contribution in [-0.4, -0.2) is 54.1 Å². The molecule has 2 N–H and O–H groups in total. The second kappa shape index (κ2) is 9.83. The Morgan fingerprint density at radius 1 is 0.963 bits per heavy atom. The molecule has 0 radical (unpaired) electrons. The minimum absolute atomic E-state index is 0. The molecule has 0 atom stereocenters. The fourth-order valence-corrected chi connectivity index (χ4v) is 3.33. The number of hydrogen-bond acceptors (Lipinski definition) is 5. The molecule has 1 saturated heterocycles. The average Bonchev–Trinajstić information content (AvgIpc) is 2.66. The van der Waals surface area contributed by atoms with E-state index in [1.54, 1.807) is 31.4 Å². The molecule has 0 aromatic heterocycles. The van der Waals surface area contributed by atoms with Crippen molar-refractivity contribution < 1.29 is 19.7 Å². The van der Waals surface area contributed by atoms with Crippen molar-refractivity contribution in [2.45, 2.75) is 24.9 Å². The third-order valence-electron chi connectivity index (χ3n) is 4.99. The molecule has 0 aliphatic carbocycles. The summed E-state index contributed by atoms with van der Waals surface area (Å²) in [7, 11) is 1.66. The number of piperidine rings is 1. The molecule has 1 fully saturated rings. The van der Waals surface area contributed by atoms with Crippen molar-refractivity contribution in [3.63, 3.8) is 0 Å². The lowest BCUT2D eigenvalue weighted by molar-refractivity contribution is -0.0226. The summed E-state index contributed by atoms with van der Waals surface area (Å²) < 4.78 is 10.9. The Labute approximate surface area is 166 Å². The molecule has 148 valence electrons. The van der Waals surface area contributed by atoms with Gasteiger partial charge in [-0.25, -0.2) is 0 Å². The Balaban J connectivity index is 0.00000261. The first kappa shape index (κ1) is 21.4. The van der Waals surface area contributed by atoms with E-state index in [9.17, 15) is 10.2 Å². The highest BCUT2D eigenvalue weighted by Crippen LogP contribution is 2.27. The van der Waals surface area contributed by atoms with Crippen LogP contribution >= 0.6 is 12.4 Å². The van der Waals surface area contributed by atoms with Crippen LogP contribution in [0.1, 0.15) is 18.4 Å². The second-order valence-electron chi connectivity index (χ2n) is 6.93. The molecule has 0 unspecified atom stereocenters. The highest BCUT2D eigenvalue weighted by molar-refractivity contribution is 5.85. The summed E-state index contributed by atoms with van der Waals surface area (Å²) >= 11 is 0. The van der Waals surface area contributed by atoms with E-state index in [4.69, 9.17) is 9.47 Å². The minimum atomic E-state index is -0.636. The normalized spacial score (nSPS) is 16.4. The van der Waals surface area contributed by atoms with Gasteiger partial charge in [-0.15, -0.1) is 12.4 Å². The van der Waals surface area contributed by atoms with E-state index in [1.165, 1.54) is 0 Å². The largest absolute Gasteiger partial charge is 0.508 e. The lowest BCUT2D eigenvalue weighted by Gasteiger charge is -2.38. The van der Waals surface area contributed by atoms with Crippen molar-refractivity contribution in [1.82, 2.24) is 4.90 Å². The van der Waals surface area contributed by atoms with E-state index in [-0.39, 0.29) is 18.2 Å². The molecular formula is C21H28ClNO4. The number of phenolic OH excluding ortho intramolecular Hbond substituents is 1. The molecule has 6 heteroatoms. The molecule has 2 aromatic carbocycles. The molecule has 0 saturated carbocycles. The summed E-state index contributed by atoms with van der Waals surface area (Å²) in [5.74, 6) is 1.84. The van der Waals surface area contributed by atoms with Crippen LogP contribution in [-0.2, 0) is 6.42 Å². The number of aliphatic hydroxyl groups is 1. The molecule has 0 amide bonds. The monoisotopic (exact) mass is 393 g/mol. The molecule has 1 aliphatic heterocycles. The van der Waals surface area contributed by atoms with Crippen LogP contribution in [0.3, 0.4) is 0 Å². The number of halogens is 1. The van der Waals surface area contributed by atoms with E-state index in [1.807, 2.05) is 24.3 Å². The van der Waals surface area contributed by atoms with Crippen LogP contribution in [0.5, 0.6) is 17.2 Å². The Bertz CT molecular complexity index is 682. The molecule has 27 heavy (non-hydrogen) atoms. The van der Waals surface area contributed by atoms with Crippen molar-refractivity contribution in [3.8, 4) is 17.2 Å². The van der Waals surface area contributed by atoms with Crippen molar-refractivity contribution in [2.75, 3.05) is 33.4 Å². The van der Waals surface area contributed by atoms with Gasteiger partial charge in [-0.1, -0.05) is 12.1 Å². The maximum Gasteiger partial charge on any atom is 0.119 e. The number of likely N-dealkylation sites (tertiary alicyclic amines) is 1. The summed E-state index contributed by atoms with van der Waals surface area (Å²) in [6.07, 6.45) is 2.20. The van der Waals surface area contributed by atoms with Crippen molar-refractivity contribution >= 4 is 12.4 Å². The van der Waals surface area contributed by atoms with Crippen LogP contribution in [0.25, 0.3) is 0 Å². The van der Waals surface area contributed by atoms with E-state index >= 15 is 0 Å². The number of ether oxygens (including phenoxy) is 2.